The van der Waals surface area contributed by atoms with Crippen LogP contribution in [0.2, 0.25) is 0 Å². The van der Waals surface area contributed by atoms with Crippen LogP contribution in [0, 0.1) is 0 Å². The molecule has 22 heavy (non-hydrogen) atoms. The smallest absolute Gasteiger partial charge is 0.212 e. The van der Waals surface area contributed by atoms with Crippen molar-refractivity contribution in [3.8, 4) is 0 Å². The molecule has 3 rings (SSSR count). The minimum atomic E-state index is -4.45. The van der Waals surface area contributed by atoms with E-state index in [9.17, 15) is 21.6 Å². The first kappa shape index (κ1) is 15.7. The molecule has 10 heteroatoms. The van der Waals surface area contributed by atoms with E-state index in [2.05, 4.69) is 10.2 Å². The van der Waals surface area contributed by atoms with E-state index in [-0.39, 0.29) is 18.1 Å². The largest absolute Gasteiger partial charge is 0.390 e. The fraction of sp³-hybridized carbons (Fsp3) is 0.833. The highest BCUT2D eigenvalue weighted by Crippen LogP contribution is 2.42. The predicted molar refractivity (Wildman–Crippen MR) is 71.4 cm³/mol. The molecule has 2 aliphatic heterocycles. The lowest BCUT2D eigenvalue weighted by Gasteiger charge is -2.37. The van der Waals surface area contributed by atoms with Crippen molar-refractivity contribution >= 4 is 10.0 Å². The van der Waals surface area contributed by atoms with E-state index in [1.807, 2.05) is 0 Å². The van der Waals surface area contributed by atoms with Gasteiger partial charge in [-0.2, -0.15) is 32.5 Å². The van der Waals surface area contributed by atoms with Gasteiger partial charge in [-0.25, -0.2) is 8.42 Å². The zero-order chi connectivity index (χ0) is 16.0. The molecule has 2 aliphatic rings. The average molecular weight is 338 g/mol. The van der Waals surface area contributed by atoms with Gasteiger partial charge in [-0.15, -0.1) is 0 Å². The van der Waals surface area contributed by atoms with E-state index in [0.29, 0.717) is 25.7 Å². The Balaban J connectivity index is 1.72. The van der Waals surface area contributed by atoms with Gasteiger partial charge in [-0.05, 0) is 25.7 Å². The van der Waals surface area contributed by atoms with Crippen molar-refractivity contribution in [2.45, 2.75) is 56.4 Å². The molecule has 2 unspecified atom stereocenters. The summed E-state index contributed by atoms with van der Waals surface area (Å²) in [5.41, 5.74) is 0. The second-order valence-electron chi connectivity index (χ2n) is 5.87. The second-order valence-corrected chi connectivity index (χ2v) is 7.86. The SMILES string of the molecule is O=S(=O)(CCC(F)(F)F)N1C2CCC1CC(n1nccn1)C2. The van der Waals surface area contributed by atoms with Crippen LogP contribution >= 0.6 is 0 Å². The lowest BCUT2D eigenvalue weighted by Crippen LogP contribution is -2.48. The van der Waals surface area contributed by atoms with Crippen molar-refractivity contribution in [1.82, 2.24) is 19.3 Å². The van der Waals surface area contributed by atoms with Crippen LogP contribution in [-0.2, 0) is 10.0 Å². The number of hydrogen-bond acceptors (Lipinski definition) is 4. The molecule has 0 radical (unpaired) electrons. The number of piperidine rings is 1. The Kier molecular flexibility index (Phi) is 3.92. The molecule has 124 valence electrons. The topological polar surface area (TPSA) is 68.1 Å². The molecule has 0 spiro atoms. The molecular formula is C12H17F3N4O2S. The predicted octanol–water partition coefficient (Wildman–Crippen LogP) is 1.73. The molecule has 3 heterocycles. The van der Waals surface area contributed by atoms with Gasteiger partial charge < -0.3 is 0 Å². The van der Waals surface area contributed by atoms with E-state index in [0.717, 1.165) is 0 Å². The number of aromatic nitrogens is 3. The monoisotopic (exact) mass is 338 g/mol. The molecule has 0 aromatic carbocycles. The van der Waals surface area contributed by atoms with Gasteiger partial charge in [-0.1, -0.05) is 0 Å². The maximum Gasteiger partial charge on any atom is 0.390 e. The van der Waals surface area contributed by atoms with E-state index >= 15 is 0 Å². The molecule has 1 aromatic heterocycles. The Hall–Kier alpha value is -1.16. The van der Waals surface area contributed by atoms with Crippen LogP contribution in [0.25, 0.3) is 0 Å². The Labute approximate surface area is 126 Å². The van der Waals surface area contributed by atoms with E-state index in [4.69, 9.17) is 0 Å². The number of hydrogen-bond donors (Lipinski definition) is 0. The lowest BCUT2D eigenvalue weighted by molar-refractivity contribution is -0.130. The molecular weight excluding hydrogens is 321 g/mol. The second kappa shape index (κ2) is 5.48. The van der Waals surface area contributed by atoms with Crippen LogP contribution < -0.4 is 0 Å². The molecule has 6 nitrogen and oxygen atoms in total. The van der Waals surface area contributed by atoms with E-state index in [1.165, 1.54) is 4.31 Å². The molecule has 2 saturated heterocycles. The first-order valence-electron chi connectivity index (χ1n) is 7.20. The van der Waals surface area contributed by atoms with Crippen LogP contribution in [0.3, 0.4) is 0 Å². The number of alkyl halides is 3. The van der Waals surface area contributed by atoms with Gasteiger partial charge in [0.05, 0.1) is 30.6 Å². The van der Waals surface area contributed by atoms with Crippen molar-refractivity contribution in [1.29, 1.82) is 0 Å². The normalized spacial score (nSPS) is 29.9. The fourth-order valence-corrected chi connectivity index (χ4v) is 5.50. The molecule has 0 saturated carbocycles. The van der Waals surface area contributed by atoms with Crippen molar-refractivity contribution in [3.63, 3.8) is 0 Å². The lowest BCUT2D eigenvalue weighted by atomic mass is 10.0. The van der Waals surface area contributed by atoms with Gasteiger partial charge in [0, 0.05) is 12.1 Å². The third-order valence-electron chi connectivity index (χ3n) is 4.37. The third-order valence-corrected chi connectivity index (χ3v) is 6.33. The Morgan fingerprint density at radius 3 is 2.09 bits per heavy atom. The van der Waals surface area contributed by atoms with Crippen LogP contribution in [-0.4, -0.2) is 51.7 Å². The van der Waals surface area contributed by atoms with E-state index < -0.39 is 28.4 Å². The van der Waals surface area contributed by atoms with Gasteiger partial charge in [-0.3, -0.25) is 0 Å². The number of sulfonamides is 1. The summed E-state index contributed by atoms with van der Waals surface area (Å²) in [5, 5.41) is 8.16. The van der Waals surface area contributed by atoms with Gasteiger partial charge >= 0.3 is 6.18 Å². The molecule has 0 amide bonds. The summed E-state index contributed by atoms with van der Waals surface area (Å²) >= 11 is 0. The van der Waals surface area contributed by atoms with Gasteiger partial charge in [0.15, 0.2) is 0 Å². The van der Waals surface area contributed by atoms with Crippen molar-refractivity contribution in [2.75, 3.05) is 5.75 Å². The van der Waals surface area contributed by atoms with Crippen molar-refractivity contribution < 1.29 is 21.6 Å². The summed E-state index contributed by atoms with van der Waals surface area (Å²) in [7, 11) is -3.88. The maximum atomic E-state index is 12.3. The fourth-order valence-electron chi connectivity index (χ4n) is 3.51. The van der Waals surface area contributed by atoms with Gasteiger partial charge in [0.25, 0.3) is 0 Å². The van der Waals surface area contributed by atoms with Crippen LogP contribution in [0.15, 0.2) is 12.4 Å². The number of halogens is 3. The molecule has 2 atom stereocenters. The van der Waals surface area contributed by atoms with Crippen LogP contribution in [0.1, 0.15) is 38.1 Å². The van der Waals surface area contributed by atoms with Crippen molar-refractivity contribution in [2.24, 2.45) is 0 Å². The van der Waals surface area contributed by atoms with Gasteiger partial charge in [0.1, 0.15) is 0 Å². The summed E-state index contributed by atoms with van der Waals surface area (Å²) in [6, 6.07) is -0.470. The highest BCUT2D eigenvalue weighted by Gasteiger charge is 2.48. The first-order valence-corrected chi connectivity index (χ1v) is 8.81. The van der Waals surface area contributed by atoms with Gasteiger partial charge in [0.2, 0.25) is 10.0 Å². The zero-order valence-electron chi connectivity index (χ0n) is 11.8. The quantitative estimate of drug-likeness (QED) is 0.838. The van der Waals surface area contributed by atoms with Crippen molar-refractivity contribution in [3.05, 3.63) is 12.4 Å². The zero-order valence-corrected chi connectivity index (χ0v) is 12.6. The summed E-state index contributed by atoms with van der Waals surface area (Å²) < 4.78 is 62.8. The number of nitrogens with zero attached hydrogens (tertiary/aromatic N) is 4. The minimum absolute atomic E-state index is 0.0153. The molecule has 0 N–H and O–H groups in total. The Morgan fingerprint density at radius 2 is 1.59 bits per heavy atom. The molecule has 1 aromatic rings. The van der Waals surface area contributed by atoms with Crippen LogP contribution in [0.5, 0.6) is 0 Å². The minimum Gasteiger partial charge on any atom is -0.212 e. The standard InChI is InChI=1S/C12H17F3N4O2S/c13-12(14,15)3-6-22(20,21)18-9-1-2-10(18)8-11(7-9)19-16-4-5-17-19/h4-5,9-11H,1-3,6-8H2. The maximum absolute atomic E-state index is 12.3. The highest BCUT2D eigenvalue weighted by molar-refractivity contribution is 7.89. The summed E-state index contributed by atoms with van der Waals surface area (Å²) in [4.78, 5) is 1.57. The Morgan fingerprint density at radius 1 is 1.05 bits per heavy atom. The molecule has 2 bridgehead atoms. The van der Waals surface area contributed by atoms with Crippen LogP contribution in [0.4, 0.5) is 13.2 Å². The number of fused-ring (bicyclic) bond motifs is 2. The highest BCUT2D eigenvalue weighted by atomic mass is 32.2. The molecule has 2 fully saturated rings. The summed E-state index contributed by atoms with van der Waals surface area (Å²) in [6.45, 7) is 0. The summed E-state index contributed by atoms with van der Waals surface area (Å²) in [6.07, 6.45) is -0.143. The average Bonchev–Trinajstić information content (AvgIpc) is 3.03. The van der Waals surface area contributed by atoms with E-state index in [1.54, 1.807) is 17.2 Å². The summed E-state index contributed by atoms with van der Waals surface area (Å²) in [5.74, 6) is -0.867. The molecule has 0 aliphatic carbocycles. The Bertz CT molecular complexity index is 603. The first-order chi connectivity index (χ1) is 10.3. The number of rotatable bonds is 4. The third kappa shape index (κ3) is 3.12.